The molecule has 3 N–H and O–H groups in total. The van der Waals surface area contributed by atoms with Crippen molar-refractivity contribution in [1.29, 1.82) is 0 Å². The van der Waals surface area contributed by atoms with Gasteiger partial charge in [-0.3, -0.25) is 4.79 Å². The Morgan fingerprint density at radius 3 is 2.43 bits per heavy atom. The Morgan fingerprint density at radius 1 is 1.43 bits per heavy atom. The number of nitrogens with two attached hydrogens (primary N) is 1. The predicted molar refractivity (Wildman–Crippen MR) is 81.9 cm³/mol. The quantitative estimate of drug-likeness (QED) is 0.821. The number of carbonyl (C=O) groups excluding carboxylic acids is 1. The summed E-state index contributed by atoms with van der Waals surface area (Å²) in [6, 6.07) is 1.80. The summed E-state index contributed by atoms with van der Waals surface area (Å²) in [5, 5.41) is 7.73. The SMILES string of the molecule is CCC(NC(=O)c1cc(S(N)(=O)=O)c(F)cc1Br)C(C)C. The molecule has 1 amide bonds. The van der Waals surface area contributed by atoms with Gasteiger partial charge in [-0.05, 0) is 40.4 Å². The topological polar surface area (TPSA) is 89.3 Å². The van der Waals surface area contributed by atoms with Crippen LogP contribution in [0.15, 0.2) is 21.5 Å². The highest BCUT2D eigenvalue weighted by Gasteiger charge is 2.22. The average molecular weight is 381 g/mol. The van der Waals surface area contributed by atoms with Crippen LogP contribution < -0.4 is 10.5 Å². The van der Waals surface area contributed by atoms with Crippen LogP contribution in [-0.4, -0.2) is 20.4 Å². The van der Waals surface area contributed by atoms with Crippen molar-refractivity contribution in [3.05, 3.63) is 28.0 Å². The standard InChI is InChI=1S/C13H18BrFN2O3S/c1-4-11(7(2)3)17-13(18)8-5-12(21(16,19)20)10(15)6-9(8)14/h5-7,11H,4H2,1-3H3,(H,17,18)(H2,16,19,20). The minimum atomic E-state index is -4.23. The summed E-state index contributed by atoms with van der Waals surface area (Å²) in [6.07, 6.45) is 0.726. The molecule has 0 heterocycles. The molecular weight excluding hydrogens is 363 g/mol. The largest absolute Gasteiger partial charge is 0.349 e. The molecule has 0 fully saturated rings. The molecule has 1 unspecified atom stereocenters. The molecule has 0 saturated carbocycles. The Bertz CT molecular complexity index is 647. The average Bonchev–Trinajstić information content (AvgIpc) is 2.33. The maximum atomic E-state index is 13.6. The molecule has 1 atom stereocenters. The molecule has 0 bridgehead atoms. The van der Waals surface area contributed by atoms with Crippen LogP contribution in [0.1, 0.15) is 37.6 Å². The Balaban J connectivity index is 3.22. The van der Waals surface area contributed by atoms with E-state index in [-0.39, 0.29) is 22.0 Å². The van der Waals surface area contributed by atoms with Crippen molar-refractivity contribution in [2.75, 3.05) is 0 Å². The fourth-order valence-electron chi connectivity index (χ4n) is 1.91. The molecule has 0 aromatic heterocycles. The van der Waals surface area contributed by atoms with Gasteiger partial charge in [0.25, 0.3) is 5.91 Å². The van der Waals surface area contributed by atoms with Crippen LogP contribution in [0.3, 0.4) is 0 Å². The van der Waals surface area contributed by atoms with E-state index in [0.717, 1.165) is 18.6 Å². The molecular formula is C13H18BrFN2O3S. The molecule has 0 spiro atoms. The number of nitrogens with one attached hydrogen (secondary N) is 1. The molecule has 0 saturated heterocycles. The van der Waals surface area contributed by atoms with E-state index in [4.69, 9.17) is 5.14 Å². The molecule has 118 valence electrons. The van der Waals surface area contributed by atoms with E-state index in [1.54, 1.807) is 0 Å². The lowest BCUT2D eigenvalue weighted by molar-refractivity contribution is 0.0923. The summed E-state index contributed by atoms with van der Waals surface area (Å²) in [6.45, 7) is 5.86. The van der Waals surface area contributed by atoms with Gasteiger partial charge in [-0.15, -0.1) is 0 Å². The first-order valence-electron chi connectivity index (χ1n) is 6.40. The van der Waals surface area contributed by atoms with Crippen molar-refractivity contribution < 1.29 is 17.6 Å². The lowest BCUT2D eigenvalue weighted by Crippen LogP contribution is -2.38. The van der Waals surface area contributed by atoms with Crippen molar-refractivity contribution in [2.24, 2.45) is 11.1 Å². The summed E-state index contributed by atoms with van der Waals surface area (Å²) in [4.78, 5) is 11.5. The van der Waals surface area contributed by atoms with Gasteiger partial charge < -0.3 is 5.32 Å². The summed E-state index contributed by atoms with van der Waals surface area (Å²) in [5.74, 6) is -1.26. The van der Waals surface area contributed by atoms with Crippen molar-refractivity contribution in [3.63, 3.8) is 0 Å². The number of carbonyl (C=O) groups is 1. The number of benzene rings is 1. The van der Waals surface area contributed by atoms with Gasteiger partial charge in [0, 0.05) is 10.5 Å². The molecule has 0 aliphatic rings. The number of sulfonamides is 1. The molecule has 0 aliphatic carbocycles. The third-order valence-electron chi connectivity index (χ3n) is 3.13. The van der Waals surface area contributed by atoms with Gasteiger partial charge in [0.15, 0.2) is 0 Å². The minimum absolute atomic E-state index is 0.0273. The van der Waals surface area contributed by atoms with E-state index in [9.17, 15) is 17.6 Å². The smallest absolute Gasteiger partial charge is 0.252 e. The molecule has 1 rings (SSSR count). The fraction of sp³-hybridized carbons (Fsp3) is 0.462. The Labute approximate surface area is 132 Å². The van der Waals surface area contributed by atoms with E-state index in [2.05, 4.69) is 21.2 Å². The second-order valence-corrected chi connectivity index (χ2v) is 7.42. The zero-order chi connectivity index (χ0) is 16.4. The van der Waals surface area contributed by atoms with Crippen LogP contribution in [0.2, 0.25) is 0 Å². The first-order valence-corrected chi connectivity index (χ1v) is 8.74. The maximum absolute atomic E-state index is 13.6. The molecule has 1 aromatic carbocycles. The molecule has 21 heavy (non-hydrogen) atoms. The second kappa shape index (κ2) is 6.85. The third kappa shape index (κ3) is 4.49. The second-order valence-electron chi connectivity index (χ2n) is 5.04. The summed E-state index contributed by atoms with van der Waals surface area (Å²) < 4.78 is 36.4. The van der Waals surface area contributed by atoms with E-state index in [1.807, 2.05) is 20.8 Å². The molecule has 1 aromatic rings. The molecule has 0 radical (unpaired) electrons. The number of amides is 1. The van der Waals surface area contributed by atoms with E-state index in [0.29, 0.717) is 0 Å². The number of halogens is 2. The van der Waals surface area contributed by atoms with Gasteiger partial charge in [-0.25, -0.2) is 17.9 Å². The number of hydrogen-bond acceptors (Lipinski definition) is 3. The van der Waals surface area contributed by atoms with Crippen LogP contribution in [0.25, 0.3) is 0 Å². The monoisotopic (exact) mass is 380 g/mol. The fourth-order valence-corrected chi connectivity index (χ4v) is 3.02. The zero-order valence-corrected chi connectivity index (χ0v) is 14.4. The van der Waals surface area contributed by atoms with Crippen LogP contribution in [0, 0.1) is 11.7 Å². The van der Waals surface area contributed by atoms with Gasteiger partial charge >= 0.3 is 0 Å². The minimum Gasteiger partial charge on any atom is -0.349 e. The van der Waals surface area contributed by atoms with Crippen molar-refractivity contribution >= 4 is 31.9 Å². The van der Waals surface area contributed by atoms with Crippen LogP contribution >= 0.6 is 15.9 Å². The van der Waals surface area contributed by atoms with Crippen LogP contribution in [-0.2, 0) is 10.0 Å². The van der Waals surface area contributed by atoms with Crippen molar-refractivity contribution in [3.8, 4) is 0 Å². The molecule has 5 nitrogen and oxygen atoms in total. The number of primary sulfonamides is 1. The normalized spacial score (nSPS) is 13.3. The third-order valence-corrected chi connectivity index (χ3v) is 4.72. The van der Waals surface area contributed by atoms with Gasteiger partial charge in [0.05, 0.1) is 5.56 Å². The Hall–Kier alpha value is -0.990. The van der Waals surface area contributed by atoms with Gasteiger partial charge in [0.2, 0.25) is 10.0 Å². The maximum Gasteiger partial charge on any atom is 0.252 e. The summed E-state index contributed by atoms with van der Waals surface area (Å²) >= 11 is 3.06. The number of hydrogen-bond donors (Lipinski definition) is 2. The highest BCUT2D eigenvalue weighted by molar-refractivity contribution is 9.10. The van der Waals surface area contributed by atoms with Crippen molar-refractivity contribution in [2.45, 2.75) is 38.1 Å². The lowest BCUT2D eigenvalue weighted by atomic mass is 10.0. The highest BCUT2D eigenvalue weighted by atomic mass is 79.9. The molecule has 0 aliphatic heterocycles. The predicted octanol–water partition coefficient (Wildman–Crippen LogP) is 2.40. The summed E-state index contributed by atoms with van der Waals surface area (Å²) in [5.41, 5.74) is 0.0273. The molecule has 8 heteroatoms. The van der Waals surface area contributed by atoms with Crippen LogP contribution in [0.5, 0.6) is 0 Å². The number of rotatable bonds is 5. The van der Waals surface area contributed by atoms with Gasteiger partial charge in [0.1, 0.15) is 10.7 Å². The van der Waals surface area contributed by atoms with E-state index in [1.165, 1.54) is 0 Å². The van der Waals surface area contributed by atoms with E-state index < -0.39 is 26.6 Å². The zero-order valence-electron chi connectivity index (χ0n) is 12.0. The first kappa shape index (κ1) is 18.1. The van der Waals surface area contributed by atoms with Crippen LogP contribution in [0.4, 0.5) is 4.39 Å². The first-order chi connectivity index (χ1) is 9.57. The Kier molecular flexibility index (Phi) is 5.89. The van der Waals surface area contributed by atoms with E-state index >= 15 is 0 Å². The van der Waals surface area contributed by atoms with Gasteiger partial charge in [-0.1, -0.05) is 20.8 Å². The highest BCUT2D eigenvalue weighted by Crippen LogP contribution is 2.24. The lowest BCUT2D eigenvalue weighted by Gasteiger charge is -2.21. The van der Waals surface area contributed by atoms with Crippen molar-refractivity contribution in [1.82, 2.24) is 5.32 Å². The summed E-state index contributed by atoms with van der Waals surface area (Å²) in [7, 11) is -4.23. The van der Waals surface area contributed by atoms with Gasteiger partial charge in [-0.2, -0.15) is 0 Å². The Morgan fingerprint density at radius 2 is 2.00 bits per heavy atom.